The van der Waals surface area contributed by atoms with Gasteiger partial charge in [-0.3, -0.25) is 0 Å². The van der Waals surface area contributed by atoms with Crippen molar-refractivity contribution in [3.8, 4) is 0 Å². The Morgan fingerprint density at radius 3 is 2.59 bits per heavy atom. The largest absolute Gasteiger partial charge is 0.377 e. The van der Waals surface area contributed by atoms with Crippen LogP contribution < -0.4 is 16.1 Å². The Morgan fingerprint density at radius 2 is 1.95 bits per heavy atom. The maximum atomic E-state index is 5.71. The molecule has 0 aliphatic rings. The maximum absolute atomic E-state index is 5.71. The Balaban J connectivity index is 2.12. The number of anilines is 1. The Morgan fingerprint density at radius 1 is 1.27 bits per heavy atom. The van der Waals surface area contributed by atoms with Crippen molar-refractivity contribution in [1.82, 2.24) is 15.3 Å². The lowest BCUT2D eigenvalue weighted by Gasteiger charge is -2.18. The normalized spacial score (nSPS) is 11.8. The van der Waals surface area contributed by atoms with Crippen molar-refractivity contribution in [2.75, 3.05) is 11.9 Å². The average molecular weight is 292 g/mol. The van der Waals surface area contributed by atoms with Crippen molar-refractivity contribution in [3.63, 3.8) is 0 Å². The van der Waals surface area contributed by atoms with E-state index in [9.17, 15) is 0 Å². The molecule has 0 amide bonds. The van der Waals surface area contributed by atoms with Gasteiger partial charge in [-0.1, -0.05) is 36.3 Å². The van der Waals surface area contributed by atoms with E-state index < -0.39 is 0 Å². The first-order valence-electron chi connectivity index (χ1n) is 7.40. The number of nitrogens with one attached hydrogen (secondary N) is 2. The van der Waals surface area contributed by atoms with Crippen LogP contribution in [-0.4, -0.2) is 24.4 Å². The molecular weight excluding hydrogens is 271 g/mol. The second-order valence-corrected chi connectivity index (χ2v) is 5.22. The lowest BCUT2D eigenvalue weighted by Crippen LogP contribution is -2.19. The fourth-order valence-electron chi connectivity index (χ4n) is 2.19. The monoisotopic (exact) mass is 292 g/mol. The zero-order valence-electron chi connectivity index (χ0n) is 13.4. The van der Waals surface area contributed by atoms with Gasteiger partial charge in [0.1, 0.15) is 19.5 Å². The predicted octanol–water partition coefficient (Wildman–Crippen LogP) is 2.33. The van der Waals surface area contributed by atoms with Gasteiger partial charge in [-0.05, 0) is 26.3 Å². The number of rotatable bonds is 6. The summed E-state index contributed by atoms with van der Waals surface area (Å²) < 4.78 is 0. The minimum Gasteiger partial charge on any atom is -0.377 e. The van der Waals surface area contributed by atoms with Crippen molar-refractivity contribution in [2.24, 2.45) is 0 Å². The van der Waals surface area contributed by atoms with Gasteiger partial charge in [0.15, 0.2) is 0 Å². The molecule has 1 aromatic carbocycles. The molecule has 1 atom stereocenters. The first kappa shape index (κ1) is 16.1. The zero-order valence-corrected chi connectivity index (χ0v) is 13.4. The highest BCUT2D eigenvalue weighted by molar-refractivity contribution is 6.32. The van der Waals surface area contributed by atoms with Crippen LogP contribution in [0.1, 0.15) is 37.0 Å². The summed E-state index contributed by atoms with van der Waals surface area (Å²) in [6.07, 6.45) is 0. The smallest absolute Gasteiger partial charge is 0.129 e. The van der Waals surface area contributed by atoms with Crippen LogP contribution in [-0.2, 0) is 0 Å². The molecule has 2 N–H and O–H groups in total. The summed E-state index contributed by atoms with van der Waals surface area (Å²) in [5, 5.41) is 6.59. The number of hydrogen-bond acceptors (Lipinski definition) is 4. The highest BCUT2D eigenvalue weighted by atomic mass is 15.0. The third-order valence-corrected chi connectivity index (χ3v) is 3.31. The third kappa shape index (κ3) is 4.10. The van der Waals surface area contributed by atoms with E-state index >= 15 is 0 Å². The van der Waals surface area contributed by atoms with E-state index in [4.69, 9.17) is 7.85 Å². The van der Waals surface area contributed by atoms with E-state index in [2.05, 4.69) is 34.1 Å². The van der Waals surface area contributed by atoms with Gasteiger partial charge in [0.05, 0.1) is 11.7 Å². The standard InChI is InChI=1S/C17H21BN4/c1-5-19-17-10-16(21-13(4)22-17)12(3)20-11(2)14-6-8-15(18)9-7-14/h6-10,12,20H,2,5H2,1,3-4H3,(H,19,21,22). The van der Waals surface area contributed by atoms with Gasteiger partial charge >= 0.3 is 0 Å². The highest BCUT2D eigenvalue weighted by Gasteiger charge is 2.11. The van der Waals surface area contributed by atoms with E-state index in [1.54, 1.807) is 0 Å². The molecular formula is C17H21BN4. The molecule has 22 heavy (non-hydrogen) atoms. The second kappa shape index (κ2) is 7.12. The molecule has 4 nitrogen and oxygen atoms in total. The Bertz CT molecular complexity index is 652. The summed E-state index contributed by atoms with van der Waals surface area (Å²) >= 11 is 0. The summed E-state index contributed by atoms with van der Waals surface area (Å²) in [4.78, 5) is 8.87. The van der Waals surface area contributed by atoms with Crippen LogP contribution in [0.5, 0.6) is 0 Å². The van der Waals surface area contributed by atoms with Crippen molar-refractivity contribution >= 4 is 24.8 Å². The summed E-state index contributed by atoms with van der Waals surface area (Å²) in [7, 11) is 5.71. The Hall–Kier alpha value is -2.30. The molecule has 112 valence electrons. The molecule has 0 saturated carbocycles. The minimum atomic E-state index is 0.0316. The molecule has 2 radical (unpaired) electrons. The summed E-state index contributed by atoms with van der Waals surface area (Å²) in [5.41, 5.74) is 3.53. The third-order valence-electron chi connectivity index (χ3n) is 3.31. The lowest BCUT2D eigenvalue weighted by molar-refractivity contribution is 0.671. The van der Waals surface area contributed by atoms with E-state index in [1.165, 1.54) is 0 Å². The molecule has 1 aromatic heterocycles. The molecule has 0 bridgehead atoms. The van der Waals surface area contributed by atoms with Crippen molar-refractivity contribution in [3.05, 3.63) is 54.0 Å². The SMILES string of the molecule is [B]c1ccc(C(=C)NC(C)c2cc(NCC)nc(C)n2)cc1. The van der Waals surface area contributed by atoms with Crippen LogP contribution in [0.2, 0.25) is 0 Å². The molecule has 0 spiro atoms. The minimum absolute atomic E-state index is 0.0316. The van der Waals surface area contributed by atoms with E-state index in [0.717, 1.165) is 40.6 Å². The van der Waals surface area contributed by atoms with Crippen LogP contribution in [0, 0.1) is 6.92 Å². The quantitative estimate of drug-likeness (QED) is 0.802. The Labute approximate surface area is 133 Å². The fraction of sp³-hybridized carbons (Fsp3) is 0.294. The number of aromatic nitrogens is 2. The van der Waals surface area contributed by atoms with Crippen molar-refractivity contribution < 1.29 is 0 Å². The Kier molecular flexibility index (Phi) is 5.20. The van der Waals surface area contributed by atoms with Crippen LogP contribution in [0.3, 0.4) is 0 Å². The molecule has 0 saturated heterocycles. The molecule has 1 unspecified atom stereocenters. The van der Waals surface area contributed by atoms with E-state index in [-0.39, 0.29) is 6.04 Å². The number of benzene rings is 1. The number of hydrogen-bond donors (Lipinski definition) is 2. The summed E-state index contributed by atoms with van der Waals surface area (Å²) in [6.45, 7) is 10.9. The van der Waals surface area contributed by atoms with Gasteiger partial charge in [-0.25, -0.2) is 9.97 Å². The first-order valence-corrected chi connectivity index (χ1v) is 7.40. The van der Waals surface area contributed by atoms with Gasteiger partial charge in [-0.2, -0.15) is 0 Å². The molecule has 2 aromatic rings. The predicted molar refractivity (Wildman–Crippen MR) is 93.3 cm³/mol. The van der Waals surface area contributed by atoms with Crippen LogP contribution in [0.4, 0.5) is 5.82 Å². The summed E-state index contributed by atoms with van der Waals surface area (Å²) in [5.74, 6) is 1.59. The molecule has 2 rings (SSSR count). The number of nitrogens with zero attached hydrogens (tertiary/aromatic N) is 2. The summed E-state index contributed by atoms with van der Waals surface area (Å²) in [6, 6.07) is 9.63. The van der Waals surface area contributed by atoms with Crippen LogP contribution >= 0.6 is 0 Å². The van der Waals surface area contributed by atoms with Crippen LogP contribution in [0.25, 0.3) is 5.70 Å². The van der Waals surface area contributed by atoms with Gasteiger partial charge in [0.25, 0.3) is 0 Å². The molecule has 0 aliphatic heterocycles. The second-order valence-electron chi connectivity index (χ2n) is 5.22. The van der Waals surface area contributed by atoms with Crippen molar-refractivity contribution in [1.29, 1.82) is 0 Å². The van der Waals surface area contributed by atoms with Gasteiger partial charge < -0.3 is 10.6 Å². The number of aryl methyl sites for hydroxylation is 1. The van der Waals surface area contributed by atoms with E-state index in [0.29, 0.717) is 0 Å². The first-order chi connectivity index (χ1) is 10.5. The van der Waals surface area contributed by atoms with Gasteiger partial charge in [0, 0.05) is 18.3 Å². The fourth-order valence-corrected chi connectivity index (χ4v) is 2.19. The molecule has 1 heterocycles. The molecule has 0 fully saturated rings. The molecule has 5 heteroatoms. The van der Waals surface area contributed by atoms with E-state index in [1.807, 2.05) is 44.2 Å². The van der Waals surface area contributed by atoms with Crippen LogP contribution in [0.15, 0.2) is 36.9 Å². The topological polar surface area (TPSA) is 49.8 Å². The van der Waals surface area contributed by atoms with Gasteiger partial charge in [0.2, 0.25) is 0 Å². The average Bonchev–Trinajstić information content (AvgIpc) is 2.47. The maximum Gasteiger partial charge on any atom is 0.129 e. The zero-order chi connectivity index (χ0) is 16.1. The van der Waals surface area contributed by atoms with Crippen molar-refractivity contribution in [2.45, 2.75) is 26.8 Å². The lowest BCUT2D eigenvalue weighted by atomic mass is 9.95. The van der Waals surface area contributed by atoms with Gasteiger partial charge in [-0.15, -0.1) is 0 Å². The highest BCUT2D eigenvalue weighted by Crippen LogP contribution is 2.18. The molecule has 0 aliphatic carbocycles.